The number of thiophene rings is 1. The monoisotopic (exact) mass is 512 g/mol. The van der Waals surface area contributed by atoms with Crippen LogP contribution in [-0.2, 0) is 32.2 Å². The van der Waals surface area contributed by atoms with Crippen LogP contribution in [0.1, 0.15) is 16.0 Å². The zero-order chi connectivity index (χ0) is 26.1. The first-order valence-corrected chi connectivity index (χ1v) is 11.8. The SMILES string of the molecule is COCc1cc(OC)c(-c2ccc(C[C@H](NC(=O)C(=NOC)c3cccs3)C(=O)O)cc2)c(OC)c1. The molecule has 9 nitrogen and oxygen atoms in total. The quantitative estimate of drug-likeness (QED) is 0.281. The van der Waals surface area contributed by atoms with Crippen molar-refractivity contribution in [3.05, 3.63) is 69.9 Å². The lowest BCUT2D eigenvalue weighted by atomic mass is 9.98. The van der Waals surface area contributed by atoms with Crippen LogP contribution in [0.3, 0.4) is 0 Å². The number of rotatable bonds is 12. The Balaban J connectivity index is 1.82. The molecule has 1 atom stereocenters. The molecular formula is C26H28N2O7S. The molecule has 0 spiro atoms. The van der Waals surface area contributed by atoms with Gasteiger partial charge in [-0.2, -0.15) is 0 Å². The van der Waals surface area contributed by atoms with Gasteiger partial charge in [0.2, 0.25) is 0 Å². The van der Waals surface area contributed by atoms with Crippen LogP contribution in [0.25, 0.3) is 11.1 Å². The average molecular weight is 513 g/mol. The molecule has 190 valence electrons. The first-order chi connectivity index (χ1) is 17.4. The first-order valence-electron chi connectivity index (χ1n) is 10.9. The van der Waals surface area contributed by atoms with Gasteiger partial charge in [-0.1, -0.05) is 35.5 Å². The van der Waals surface area contributed by atoms with Crippen molar-refractivity contribution in [2.45, 2.75) is 19.1 Å². The summed E-state index contributed by atoms with van der Waals surface area (Å²) in [5.74, 6) is -0.534. The largest absolute Gasteiger partial charge is 0.496 e. The van der Waals surface area contributed by atoms with Crippen LogP contribution in [0.2, 0.25) is 0 Å². The van der Waals surface area contributed by atoms with Gasteiger partial charge in [-0.15, -0.1) is 11.3 Å². The second-order valence-corrected chi connectivity index (χ2v) is 8.62. The van der Waals surface area contributed by atoms with Gasteiger partial charge in [0.15, 0.2) is 5.71 Å². The lowest BCUT2D eigenvalue weighted by Crippen LogP contribution is -2.45. The number of amides is 1. The lowest BCUT2D eigenvalue weighted by molar-refractivity contribution is -0.141. The van der Waals surface area contributed by atoms with Crippen molar-refractivity contribution in [1.29, 1.82) is 0 Å². The number of carbonyl (C=O) groups excluding carboxylic acids is 1. The standard InChI is InChI=1S/C26H28N2O7S/c1-32-15-17-13-20(33-2)23(21(14-17)34-3)18-9-7-16(8-10-18)12-19(26(30)31)27-25(29)24(28-35-4)22-6-5-11-36-22/h5-11,13-14,19H,12,15H2,1-4H3,(H,27,29)(H,30,31)/t19-/m0/s1. The van der Waals surface area contributed by atoms with Crippen molar-refractivity contribution in [3.8, 4) is 22.6 Å². The summed E-state index contributed by atoms with van der Waals surface area (Å²) in [5.41, 5.74) is 3.25. The summed E-state index contributed by atoms with van der Waals surface area (Å²) < 4.78 is 16.4. The van der Waals surface area contributed by atoms with E-state index < -0.39 is 17.9 Å². The topological polar surface area (TPSA) is 116 Å². The highest BCUT2D eigenvalue weighted by Crippen LogP contribution is 2.39. The zero-order valence-electron chi connectivity index (χ0n) is 20.4. The minimum atomic E-state index is -1.16. The van der Waals surface area contributed by atoms with Gasteiger partial charge in [0, 0.05) is 13.5 Å². The molecule has 0 unspecified atom stereocenters. The molecule has 10 heteroatoms. The fourth-order valence-electron chi connectivity index (χ4n) is 3.67. The van der Waals surface area contributed by atoms with E-state index in [0.717, 1.165) is 22.3 Å². The number of carboxylic acids is 1. The van der Waals surface area contributed by atoms with Gasteiger partial charge in [0.05, 0.1) is 31.3 Å². The van der Waals surface area contributed by atoms with Crippen LogP contribution in [0.15, 0.2) is 59.1 Å². The van der Waals surface area contributed by atoms with E-state index in [1.165, 1.54) is 18.4 Å². The van der Waals surface area contributed by atoms with Crippen molar-refractivity contribution in [2.24, 2.45) is 5.16 Å². The van der Waals surface area contributed by atoms with Crippen LogP contribution >= 0.6 is 11.3 Å². The van der Waals surface area contributed by atoms with E-state index in [-0.39, 0.29) is 12.1 Å². The number of nitrogens with zero attached hydrogens (tertiary/aromatic N) is 1. The molecule has 3 aromatic rings. The molecule has 0 saturated heterocycles. The number of carbonyl (C=O) groups is 2. The molecule has 1 amide bonds. The Kier molecular flexibility index (Phi) is 9.43. The third-order valence-electron chi connectivity index (χ3n) is 5.31. The van der Waals surface area contributed by atoms with Crippen LogP contribution in [-0.4, -0.2) is 57.2 Å². The first kappa shape index (κ1) is 26.7. The molecule has 36 heavy (non-hydrogen) atoms. The zero-order valence-corrected chi connectivity index (χ0v) is 21.3. The average Bonchev–Trinajstić information content (AvgIpc) is 3.41. The van der Waals surface area contributed by atoms with E-state index >= 15 is 0 Å². The van der Waals surface area contributed by atoms with E-state index in [0.29, 0.717) is 23.0 Å². The molecule has 1 heterocycles. The van der Waals surface area contributed by atoms with E-state index in [9.17, 15) is 14.7 Å². The molecule has 0 radical (unpaired) electrons. The van der Waals surface area contributed by atoms with Gasteiger partial charge >= 0.3 is 5.97 Å². The number of carboxylic acid groups (broad SMARTS) is 1. The van der Waals surface area contributed by atoms with Crippen molar-refractivity contribution in [2.75, 3.05) is 28.4 Å². The highest BCUT2D eigenvalue weighted by Gasteiger charge is 2.25. The number of nitrogens with one attached hydrogen (secondary N) is 1. The lowest BCUT2D eigenvalue weighted by Gasteiger charge is -2.17. The van der Waals surface area contributed by atoms with E-state index in [1.807, 2.05) is 36.4 Å². The van der Waals surface area contributed by atoms with Gasteiger partial charge < -0.3 is 29.5 Å². The molecule has 0 fully saturated rings. The summed E-state index contributed by atoms with van der Waals surface area (Å²) in [4.78, 5) is 30.0. The fraction of sp³-hybridized carbons (Fsp3) is 0.269. The number of methoxy groups -OCH3 is 3. The Hall–Kier alpha value is -3.89. The summed E-state index contributed by atoms with van der Waals surface area (Å²) in [7, 11) is 6.11. The second kappa shape index (κ2) is 12.7. The number of hydrogen-bond donors (Lipinski definition) is 2. The summed E-state index contributed by atoms with van der Waals surface area (Å²) in [6.45, 7) is 0.414. The molecular weight excluding hydrogens is 484 g/mol. The molecule has 0 aliphatic carbocycles. The Morgan fingerprint density at radius 2 is 1.67 bits per heavy atom. The van der Waals surface area contributed by atoms with Crippen molar-refractivity contribution in [1.82, 2.24) is 5.32 Å². The molecule has 1 aromatic heterocycles. The normalized spacial score (nSPS) is 12.1. The Morgan fingerprint density at radius 3 is 2.17 bits per heavy atom. The summed E-state index contributed by atoms with van der Waals surface area (Å²) >= 11 is 1.30. The van der Waals surface area contributed by atoms with Gasteiger partial charge in [-0.05, 0) is 40.3 Å². The molecule has 0 bridgehead atoms. The number of ether oxygens (including phenoxy) is 3. The van der Waals surface area contributed by atoms with Crippen molar-refractivity contribution < 1.29 is 33.7 Å². The smallest absolute Gasteiger partial charge is 0.326 e. The number of benzene rings is 2. The number of oxime groups is 1. The van der Waals surface area contributed by atoms with Gasteiger partial charge in [-0.3, -0.25) is 4.79 Å². The van der Waals surface area contributed by atoms with Gasteiger partial charge in [0.25, 0.3) is 5.91 Å². The van der Waals surface area contributed by atoms with Crippen molar-refractivity contribution >= 4 is 28.9 Å². The Morgan fingerprint density at radius 1 is 1.00 bits per heavy atom. The predicted octanol–water partition coefficient (Wildman–Crippen LogP) is 3.74. The molecule has 0 aliphatic heterocycles. The van der Waals surface area contributed by atoms with E-state index in [1.54, 1.807) is 38.8 Å². The predicted molar refractivity (Wildman–Crippen MR) is 137 cm³/mol. The minimum Gasteiger partial charge on any atom is -0.496 e. The maximum absolute atomic E-state index is 12.8. The maximum Gasteiger partial charge on any atom is 0.326 e. The number of hydrogen-bond acceptors (Lipinski definition) is 8. The Labute approximate surface area is 213 Å². The molecule has 2 aromatic carbocycles. The highest BCUT2D eigenvalue weighted by molar-refractivity contribution is 7.13. The van der Waals surface area contributed by atoms with Gasteiger partial charge in [0.1, 0.15) is 24.7 Å². The fourth-order valence-corrected chi connectivity index (χ4v) is 4.38. The molecule has 2 N–H and O–H groups in total. The van der Waals surface area contributed by atoms with Crippen LogP contribution < -0.4 is 14.8 Å². The molecule has 3 rings (SSSR count). The highest BCUT2D eigenvalue weighted by atomic mass is 32.1. The second-order valence-electron chi connectivity index (χ2n) is 7.67. The van der Waals surface area contributed by atoms with E-state index in [4.69, 9.17) is 19.0 Å². The Bertz CT molecular complexity index is 1180. The third kappa shape index (κ3) is 6.41. The van der Waals surface area contributed by atoms with Crippen LogP contribution in [0.5, 0.6) is 11.5 Å². The summed E-state index contributed by atoms with van der Waals surface area (Å²) in [5, 5.41) is 17.8. The minimum absolute atomic E-state index is 0.0187. The maximum atomic E-state index is 12.8. The summed E-state index contributed by atoms with van der Waals surface area (Å²) in [6.07, 6.45) is 0.0765. The number of aliphatic carboxylic acids is 1. The summed E-state index contributed by atoms with van der Waals surface area (Å²) in [6, 6.07) is 13.4. The van der Waals surface area contributed by atoms with E-state index in [2.05, 4.69) is 10.5 Å². The molecule has 0 aliphatic rings. The molecule has 0 saturated carbocycles. The van der Waals surface area contributed by atoms with Crippen LogP contribution in [0.4, 0.5) is 0 Å². The van der Waals surface area contributed by atoms with Gasteiger partial charge in [-0.25, -0.2) is 4.79 Å². The van der Waals surface area contributed by atoms with Crippen molar-refractivity contribution in [3.63, 3.8) is 0 Å². The van der Waals surface area contributed by atoms with Crippen LogP contribution in [0, 0.1) is 0 Å². The third-order valence-corrected chi connectivity index (χ3v) is 6.19.